The molecular weight excluding hydrogens is 486 g/mol. The summed E-state index contributed by atoms with van der Waals surface area (Å²) in [5, 5.41) is 2.50. The van der Waals surface area contributed by atoms with Crippen LogP contribution in [0.2, 0.25) is 0 Å². The van der Waals surface area contributed by atoms with Crippen LogP contribution in [0, 0.1) is 0 Å². The number of benzene rings is 4. The van der Waals surface area contributed by atoms with Gasteiger partial charge in [-0.2, -0.15) is 0 Å². The molecule has 0 amide bonds. The topological polar surface area (TPSA) is 30.7 Å². The number of aromatic nitrogens is 3. The van der Waals surface area contributed by atoms with Crippen LogP contribution >= 0.6 is 0 Å². The summed E-state index contributed by atoms with van der Waals surface area (Å²) in [6, 6.07) is 35.0. The van der Waals surface area contributed by atoms with Crippen molar-refractivity contribution < 1.29 is 0 Å². The second-order valence-corrected chi connectivity index (χ2v) is 11.4. The van der Waals surface area contributed by atoms with Crippen LogP contribution in [0.25, 0.3) is 55.6 Å². The van der Waals surface area contributed by atoms with Crippen molar-refractivity contribution in [3.05, 3.63) is 132 Å². The van der Waals surface area contributed by atoms with Gasteiger partial charge < -0.3 is 0 Å². The molecule has 0 bridgehead atoms. The van der Waals surface area contributed by atoms with E-state index < -0.39 is 0 Å². The lowest BCUT2D eigenvalue weighted by molar-refractivity contribution is 0.661. The fraction of sp³-hybridized carbons (Fsp3) is 0.135. The quantitative estimate of drug-likeness (QED) is 0.235. The van der Waals surface area contributed by atoms with Gasteiger partial charge in [-0.3, -0.25) is 4.57 Å². The molecule has 0 saturated heterocycles. The Balaban J connectivity index is 1.46. The molecule has 2 aromatic heterocycles. The molecule has 0 N–H and O–H groups in total. The van der Waals surface area contributed by atoms with E-state index >= 15 is 0 Å². The van der Waals surface area contributed by atoms with E-state index in [0.29, 0.717) is 0 Å². The van der Waals surface area contributed by atoms with Crippen LogP contribution in [-0.2, 0) is 5.41 Å². The predicted molar refractivity (Wildman–Crippen MR) is 166 cm³/mol. The molecule has 4 aromatic carbocycles. The van der Waals surface area contributed by atoms with Gasteiger partial charge in [0.1, 0.15) is 5.82 Å². The lowest BCUT2D eigenvalue weighted by Gasteiger charge is -2.21. The van der Waals surface area contributed by atoms with Gasteiger partial charge in [0.2, 0.25) is 0 Å². The van der Waals surface area contributed by atoms with E-state index in [0.717, 1.165) is 46.8 Å². The third-order valence-corrected chi connectivity index (χ3v) is 8.64. The van der Waals surface area contributed by atoms with Gasteiger partial charge in [-0.1, -0.05) is 105 Å². The molecule has 0 radical (unpaired) electrons. The van der Waals surface area contributed by atoms with Crippen LogP contribution in [0.1, 0.15) is 43.6 Å². The van der Waals surface area contributed by atoms with E-state index in [1.807, 2.05) is 6.07 Å². The van der Waals surface area contributed by atoms with Crippen LogP contribution in [0.4, 0.5) is 0 Å². The van der Waals surface area contributed by atoms with E-state index in [1.165, 1.54) is 38.5 Å². The highest BCUT2D eigenvalue weighted by molar-refractivity contribution is 6.11. The lowest BCUT2D eigenvalue weighted by Crippen LogP contribution is -2.14. The third-order valence-electron chi connectivity index (χ3n) is 8.64. The lowest BCUT2D eigenvalue weighted by atomic mass is 9.82. The average molecular weight is 516 g/mol. The maximum absolute atomic E-state index is 5.22. The Morgan fingerprint density at radius 2 is 1.48 bits per heavy atom. The summed E-state index contributed by atoms with van der Waals surface area (Å²) in [6.45, 7) is 4.69. The van der Waals surface area contributed by atoms with E-state index in [4.69, 9.17) is 9.97 Å². The first-order valence-electron chi connectivity index (χ1n) is 14.1. The summed E-state index contributed by atoms with van der Waals surface area (Å²) >= 11 is 0. The van der Waals surface area contributed by atoms with Crippen LogP contribution in [0.5, 0.6) is 0 Å². The zero-order valence-electron chi connectivity index (χ0n) is 22.7. The maximum atomic E-state index is 5.22. The number of fused-ring (bicyclic) bond motifs is 6. The Bertz CT molecular complexity index is 2020. The molecule has 3 nitrogen and oxygen atoms in total. The summed E-state index contributed by atoms with van der Waals surface area (Å²) in [5.74, 6) is 1.66. The van der Waals surface area contributed by atoms with Gasteiger partial charge in [0.15, 0.2) is 5.82 Å². The number of nitrogens with zero attached hydrogens (tertiary/aromatic N) is 3. The standard InChI is InChI=1S/C37H29N3/c1-37(2)30-19-11-9-17-26(30)28-22-34-29(21-31(28)37)27-18-10-12-20-33(27)40(34)35-23-32(24-13-5-3-6-14-24)38-36(39-35)25-15-7-4-8-16-25/h3,5-7,9-23H,4,8H2,1-2H3. The van der Waals surface area contributed by atoms with Crippen molar-refractivity contribution in [1.29, 1.82) is 0 Å². The van der Waals surface area contributed by atoms with E-state index in [1.54, 1.807) is 0 Å². The highest BCUT2D eigenvalue weighted by atomic mass is 15.1. The molecule has 192 valence electrons. The number of hydrogen-bond donors (Lipinski definition) is 0. The van der Waals surface area contributed by atoms with Gasteiger partial charge in [0.05, 0.1) is 16.7 Å². The van der Waals surface area contributed by atoms with Gasteiger partial charge >= 0.3 is 0 Å². The summed E-state index contributed by atoms with van der Waals surface area (Å²) in [4.78, 5) is 10.3. The number of para-hydroxylation sites is 1. The Labute approximate surface area is 234 Å². The molecular formula is C37H29N3. The van der Waals surface area contributed by atoms with Gasteiger partial charge in [0.25, 0.3) is 0 Å². The van der Waals surface area contributed by atoms with E-state index in [2.05, 4.69) is 128 Å². The first-order chi connectivity index (χ1) is 19.6. The van der Waals surface area contributed by atoms with Crippen LogP contribution in [-0.4, -0.2) is 14.5 Å². The Morgan fingerprint density at radius 1 is 0.675 bits per heavy atom. The molecule has 0 saturated carbocycles. The van der Waals surface area contributed by atoms with Crippen molar-refractivity contribution in [1.82, 2.24) is 14.5 Å². The molecule has 2 heterocycles. The first kappa shape index (κ1) is 23.2. The highest BCUT2D eigenvalue weighted by Gasteiger charge is 2.36. The minimum atomic E-state index is -0.0499. The molecule has 3 heteroatoms. The van der Waals surface area contributed by atoms with Gasteiger partial charge in [-0.25, -0.2) is 9.97 Å². The Morgan fingerprint density at radius 3 is 2.33 bits per heavy atom. The summed E-state index contributed by atoms with van der Waals surface area (Å²) in [6.07, 6.45) is 8.71. The van der Waals surface area contributed by atoms with Gasteiger partial charge in [-0.05, 0) is 53.3 Å². The molecule has 2 aliphatic rings. The second-order valence-electron chi connectivity index (χ2n) is 11.4. The largest absolute Gasteiger partial charge is 0.294 e. The highest BCUT2D eigenvalue weighted by Crippen LogP contribution is 2.50. The molecule has 8 rings (SSSR count). The predicted octanol–water partition coefficient (Wildman–Crippen LogP) is 9.28. The van der Waals surface area contributed by atoms with E-state index in [9.17, 15) is 0 Å². The Hall–Kier alpha value is -4.76. The smallest absolute Gasteiger partial charge is 0.161 e. The first-order valence-corrected chi connectivity index (χ1v) is 14.1. The SMILES string of the molecule is CC1(C)c2ccccc2-c2cc3c(cc21)c1ccccc1n3-c1cc(-c2ccccc2)nc(C2=CCCC=C2)n1. The minimum Gasteiger partial charge on any atom is -0.294 e. The molecule has 6 aromatic rings. The van der Waals surface area contributed by atoms with Gasteiger partial charge in [-0.15, -0.1) is 0 Å². The monoisotopic (exact) mass is 515 g/mol. The summed E-state index contributed by atoms with van der Waals surface area (Å²) < 4.78 is 2.34. The van der Waals surface area contributed by atoms with Crippen molar-refractivity contribution >= 4 is 27.4 Å². The molecule has 0 aliphatic heterocycles. The van der Waals surface area contributed by atoms with Crippen molar-refractivity contribution in [3.8, 4) is 28.2 Å². The maximum Gasteiger partial charge on any atom is 0.161 e. The zero-order valence-corrected chi connectivity index (χ0v) is 22.7. The van der Waals surface area contributed by atoms with Crippen LogP contribution in [0.3, 0.4) is 0 Å². The number of rotatable bonds is 3. The normalized spacial score (nSPS) is 15.3. The molecule has 2 aliphatic carbocycles. The van der Waals surface area contributed by atoms with Crippen LogP contribution < -0.4 is 0 Å². The molecule has 0 unspecified atom stereocenters. The van der Waals surface area contributed by atoms with Crippen molar-refractivity contribution in [2.75, 3.05) is 0 Å². The molecule has 0 fully saturated rings. The third kappa shape index (κ3) is 3.37. The average Bonchev–Trinajstić information content (AvgIpc) is 3.45. The minimum absolute atomic E-state index is 0.0499. The number of allylic oxidation sites excluding steroid dienone is 4. The molecule has 0 spiro atoms. The molecule has 0 atom stereocenters. The summed E-state index contributed by atoms with van der Waals surface area (Å²) in [7, 11) is 0. The van der Waals surface area contributed by atoms with Crippen molar-refractivity contribution in [3.63, 3.8) is 0 Å². The fourth-order valence-electron chi connectivity index (χ4n) is 6.62. The number of hydrogen-bond acceptors (Lipinski definition) is 2. The van der Waals surface area contributed by atoms with Crippen molar-refractivity contribution in [2.24, 2.45) is 0 Å². The Kier molecular flexibility index (Phi) is 4.99. The van der Waals surface area contributed by atoms with Gasteiger partial charge in [0, 0.05) is 33.4 Å². The fourth-order valence-corrected chi connectivity index (χ4v) is 6.62. The van der Waals surface area contributed by atoms with E-state index in [-0.39, 0.29) is 5.41 Å². The van der Waals surface area contributed by atoms with Crippen LogP contribution in [0.15, 0.2) is 115 Å². The zero-order chi connectivity index (χ0) is 26.8. The second kappa shape index (κ2) is 8.62. The van der Waals surface area contributed by atoms with Crippen molar-refractivity contribution in [2.45, 2.75) is 32.1 Å². The summed E-state index contributed by atoms with van der Waals surface area (Å²) in [5.41, 5.74) is 10.8. The molecule has 40 heavy (non-hydrogen) atoms.